The van der Waals surface area contributed by atoms with Crippen LogP contribution in [0.5, 0.6) is 0 Å². The summed E-state index contributed by atoms with van der Waals surface area (Å²) >= 11 is 0. The van der Waals surface area contributed by atoms with Crippen LogP contribution in [-0.4, -0.2) is 6.54 Å². The molecular weight excluding hydrogens is 179 g/mol. The Morgan fingerprint density at radius 3 is 2.79 bits per heavy atom. The first-order valence-electron chi connectivity index (χ1n) is 4.58. The van der Waals surface area contributed by atoms with Gasteiger partial charge in [-0.05, 0) is 30.7 Å². The number of rotatable bonds is 3. The van der Waals surface area contributed by atoms with E-state index in [1.165, 1.54) is 6.07 Å². The number of nitriles is 1. The Morgan fingerprint density at radius 1 is 1.57 bits per heavy atom. The zero-order valence-electron chi connectivity index (χ0n) is 8.34. The fraction of sp³-hybridized carbons (Fsp3) is 0.364. The minimum atomic E-state index is -0.421. The van der Waals surface area contributed by atoms with Gasteiger partial charge in [0.15, 0.2) is 0 Å². The lowest BCUT2D eigenvalue weighted by Crippen LogP contribution is -2.19. The second-order valence-corrected chi connectivity index (χ2v) is 3.13. The summed E-state index contributed by atoms with van der Waals surface area (Å²) in [7, 11) is 0. The highest BCUT2D eigenvalue weighted by molar-refractivity contribution is 5.28. The molecule has 74 valence electrons. The second kappa shape index (κ2) is 4.73. The number of hydrogen-bond acceptors (Lipinski definition) is 2. The number of nitrogens with zero attached hydrogens (tertiary/aromatic N) is 1. The Kier molecular flexibility index (Phi) is 3.61. The van der Waals surface area contributed by atoms with Crippen molar-refractivity contribution in [2.75, 3.05) is 6.54 Å². The number of nitrogens with one attached hydrogen (secondary N) is 1. The van der Waals surface area contributed by atoms with Crippen LogP contribution in [0.1, 0.15) is 24.1 Å². The fourth-order valence-electron chi connectivity index (χ4n) is 1.23. The third-order valence-electron chi connectivity index (χ3n) is 2.07. The van der Waals surface area contributed by atoms with Gasteiger partial charge in [-0.25, -0.2) is 4.39 Å². The molecule has 1 aromatic rings. The number of aryl methyl sites for hydroxylation is 1. The van der Waals surface area contributed by atoms with Crippen molar-refractivity contribution in [2.45, 2.75) is 19.9 Å². The van der Waals surface area contributed by atoms with Gasteiger partial charge < -0.3 is 0 Å². The van der Waals surface area contributed by atoms with Gasteiger partial charge in [0.2, 0.25) is 0 Å². The molecule has 0 fully saturated rings. The summed E-state index contributed by atoms with van der Waals surface area (Å²) in [5.41, 5.74) is 1.28. The lowest BCUT2D eigenvalue weighted by Gasteiger charge is -2.10. The van der Waals surface area contributed by atoms with E-state index in [-0.39, 0.29) is 5.82 Å². The SMILES string of the molecule is CCNC(C#N)c1ccc(C)c(F)c1. The van der Waals surface area contributed by atoms with E-state index in [1.807, 2.05) is 6.92 Å². The molecule has 2 nitrogen and oxygen atoms in total. The molecule has 0 aromatic heterocycles. The van der Waals surface area contributed by atoms with Crippen LogP contribution in [-0.2, 0) is 0 Å². The summed E-state index contributed by atoms with van der Waals surface area (Å²) in [6.07, 6.45) is 0. The average Bonchev–Trinajstić information content (AvgIpc) is 2.19. The van der Waals surface area contributed by atoms with E-state index in [9.17, 15) is 4.39 Å². The molecule has 14 heavy (non-hydrogen) atoms. The van der Waals surface area contributed by atoms with E-state index in [1.54, 1.807) is 19.1 Å². The molecule has 1 N–H and O–H groups in total. The average molecular weight is 192 g/mol. The van der Waals surface area contributed by atoms with Gasteiger partial charge in [-0.2, -0.15) is 5.26 Å². The largest absolute Gasteiger partial charge is 0.298 e. The Balaban J connectivity index is 2.95. The highest BCUT2D eigenvalue weighted by atomic mass is 19.1. The van der Waals surface area contributed by atoms with Crippen molar-refractivity contribution in [3.05, 3.63) is 35.1 Å². The van der Waals surface area contributed by atoms with Gasteiger partial charge in [0, 0.05) is 0 Å². The van der Waals surface area contributed by atoms with Crippen molar-refractivity contribution >= 4 is 0 Å². The summed E-state index contributed by atoms with van der Waals surface area (Å²) in [6, 6.07) is 6.54. The maximum Gasteiger partial charge on any atom is 0.126 e. The van der Waals surface area contributed by atoms with Gasteiger partial charge in [-0.1, -0.05) is 19.1 Å². The van der Waals surface area contributed by atoms with Crippen LogP contribution in [0.15, 0.2) is 18.2 Å². The molecule has 0 spiro atoms. The molecule has 1 unspecified atom stereocenters. The first kappa shape index (κ1) is 10.7. The zero-order valence-corrected chi connectivity index (χ0v) is 8.34. The zero-order chi connectivity index (χ0) is 10.6. The highest BCUT2D eigenvalue weighted by Gasteiger charge is 2.09. The molecule has 0 aliphatic carbocycles. The van der Waals surface area contributed by atoms with Crippen LogP contribution in [0.3, 0.4) is 0 Å². The molecule has 3 heteroatoms. The summed E-state index contributed by atoms with van der Waals surface area (Å²) in [6.45, 7) is 4.30. The molecule has 0 radical (unpaired) electrons. The Bertz CT molecular complexity index is 355. The predicted molar refractivity (Wildman–Crippen MR) is 53.2 cm³/mol. The molecule has 0 saturated carbocycles. The summed E-state index contributed by atoms with van der Waals surface area (Å²) < 4.78 is 13.2. The Labute approximate surface area is 83.4 Å². The van der Waals surface area contributed by atoms with Crippen molar-refractivity contribution in [2.24, 2.45) is 0 Å². The molecule has 0 heterocycles. The minimum absolute atomic E-state index is 0.263. The van der Waals surface area contributed by atoms with Crippen LogP contribution >= 0.6 is 0 Å². The summed E-state index contributed by atoms with van der Waals surface area (Å²) in [5, 5.41) is 11.8. The lowest BCUT2D eigenvalue weighted by molar-refractivity contribution is 0.605. The van der Waals surface area contributed by atoms with E-state index < -0.39 is 6.04 Å². The monoisotopic (exact) mass is 192 g/mol. The molecular formula is C11H13FN2. The first-order valence-corrected chi connectivity index (χ1v) is 4.58. The van der Waals surface area contributed by atoms with Crippen molar-refractivity contribution in [3.63, 3.8) is 0 Å². The molecule has 1 rings (SSSR count). The molecule has 0 bridgehead atoms. The van der Waals surface area contributed by atoms with Crippen molar-refractivity contribution in [3.8, 4) is 6.07 Å². The minimum Gasteiger partial charge on any atom is -0.298 e. The molecule has 0 saturated heterocycles. The van der Waals surface area contributed by atoms with Gasteiger partial charge >= 0.3 is 0 Å². The molecule has 0 amide bonds. The molecule has 1 aromatic carbocycles. The number of hydrogen-bond donors (Lipinski definition) is 1. The van der Waals surface area contributed by atoms with Crippen LogP contribution in [0.4, 0.5) is 4.39 Å². The lowest BCUT2D eigenvalue weighted by atomic mass is 10.1. The van der Waals surface area contributed by atoms with Gasteiger partial charge in [-0.3, -0.25) is 5.32 Å². The third-order valence-corrected chi connectivity index (χ3v) is 2.07. The second-order valence-electron chi connectivity index (χ2n) is 3.13. The van der Waals surface area contributed by atoms with Crippen LogP contribution in [0.2, 0.25) is 0 Å². The molecule has 1 atom stereocenters. The summed E-state index contributed by atoms with van der Waals surface area (Å²) in [5.74, 6) is -0.263. The fourth-order valence-corrected chi connectivity index (χ4v) is 1.23. The van der Waals surface area contributed by atoms with Crippen molar-refractivity contribution in [1.29, 1.82) is 5.26 Å². The Hall–Kier alpha value is -1.40. The van der Waals surface area contributed by atoms with E-state index in [0.717, 1.165) is 0 Å². The predicted octanol–water partition coefficient (Wildman–Crippen LogP) is 2.31. The van der Waals surface area contributed by atoms with Crippen molar-refractivity contribution in [1.82, 2.24) is 5.32 Å². The topological polar surface area (TPSA) is 35.8 Å². The van der Waals surface area contributed by atoms with E-state index in [0.29, 0.717) is 17.7 Å². The van der Waals surface area contributed by atoms with Gasteiger partial charge in [0.25, 0.3) is 0 Å². The first-order chi connectivity index (χ1) is 6.69. The van der Waals surface area contributed by atoms with Gasteiger partial charge in [0.05, 0.1) is 6.07 Å². The molecule has 0 aliphatic heterocycles. The maximum absolute atomic E-state index is 13.2. The van der Waals surface area contributed by atoms with E-state index in [4.69, 9.17) is 5.26 Å². The standard InChI is InChI=1S/C11H13FN2/c1-3-14-11(7-13)9-5-4-8(2)10(12)6-9/h4-6,11,14H,3H2,1-2H3. The van der Waals surface area contributed by atoms with Crippen LogP contribution in [0, 0.1) is 24.1 Å². The van der Waals surface area contributed by atoms with E-state index >= 15 is 0 Å². The van der Waals surface area contributed by atoms with Crippen molar-refractivity contribution < 1.29 is 4.39 Å². The van der Waals surface area contributed by atoms with Gasteiger partial charge in [-0.15, -0.1) is 0 Å². The number of benzene rings is 1. The molecule has 0 aliphatic rings. The van der Waals surface area contributed by atoms with Crippen LogP contribution in [0.25, 0.3) is 0 Å². The quantitative estimate of drug-likeness (QED) is 0.797. The Morgan fingerprint density at radius 2 is 2.29 bits per heavy atom. The van der Waals surface area contributed by atoms with E-state index in [2.05, 4.69) is 11.4 Å². The van der Waals surface area contributed by atoms with Gasteiger partial charge in [0.1, 0.15) is 11.9 Å². The normalized spacial score (nSPS) is 12.1. The van der Waals surface area contributed by atoms with Crippen LogP contribution < -0.4 is 5.32 Å². The summed E-state index contributed by atoms with van der Waals surface area (Å²) in [4.78, 5) is 0. The third kappa shape index (κ3) is 2.30. The highest BCUT2D eigenvalue weighted by Crippen LogP contribution is 2.15. The maximum atomic E-state index is 13.2. The number of halogens is 1. The smallest absolute Gasteiger partial charge is 0.126 e.